The number of aromatic nitrogens is 2. The van der Waals surface area contributed by atoms with Gasteiger partial charge >= 0.3 is 5.97 Å². The average molecular weight is 435 g/mol. The number of aromatic carboxylic acids is 1. The summed E-state index contributed by atoms with van der Waals surface area (Å²) < 4.78 is 11.8. The molecular weight excluding hydrogens is 404 g/mol. The van der Waals surface area contributed by atoms with Gasteiger partial charge in [0.05, 0.1) is 11.7 Å². The number of hydrogen-bond acceptors (Lipinski definition) is 5. The first kappa shape index (κ1) is 22.1. The second-order valence-corrected chi connectivity index (χ2v) is 8.97. The van der Waals surface area contributed by atoms with Crippen molar-refractivity contribution in [2.45, 2.75) is 70.8 Å². The topological polar surface area (TPSA) is 85.5 Å². The van der Waals surface area contributed by atoms with E-state index in [2.05, 4.69) is 37.0 Å². The van der Waals surface area contributed by atoms with E-state index in [-0.39, 0.29) is 17.1 Å². The monoisotopic (exact) mass is 434 g/mol. The van der Waals surface area contributed by atoms with Crippen molar-refractivity contribution in [3.05, 3.63) is 53.6 Å². The molecule has 1 atom stereocenters. The van der Waals surface area contributed by atoms with Gasteiger partial charge in [-0.3, -0.25) is 0 Å². The third kappa shape index (κ3) is 4.54. The van der Waals surface area contributed by atoms with Crippen LogP contribution in [0.4, 0.5) is 0 Å². The van der Waals surface area contributed by atoms with Crippen LogP contribution in [0.2, 0.25) is 0 Å². The average Bonchev–Trinajstić information content (AvgIpc) is 3.30. The number of ether oxygens (including phenoxy) is 1. The SMILES string of the molecule is CCC(C)Oc1ccc(-c2noc(-c3ccc(C(=O)O)cc3)n2)cc1C1(C)CCCCC1. The zero-order valence-corrected chi connectivity index (χ0v) is 18.9. The zero-order chi connectivity index (χ0) is 22.7. The fourth-order valence-corrected chi connectivity index (χ4v) is 4.36. The Labute approximate surface area is 188 Å². The highest BCUT2D eigenvalue weighted by Crippen LogP contribution is 2.44. The summed E-state index contributed by atoms with van der Waals surface area (Å²) >= 11 is 0. The summed E-state index contributed by atoms with van der Waals surface area (Å²) in [5.41, 5.74) is 3.07. The van der Waals surface area contributed by atoms with Gasteiger partial charge in [-0.15, -0.1) is 0 Å². The standard InChI is InChI=1S/C26H30N2O4/c1-4-17(2)31-22-13-12-20(16-21(22)26(3)14-6-5-7-15-26)23-27-24(32-28-23)18-8-10-19(11-9-18)25(29)30/h8-13,16-17H,4-7,14-15H2,1-3H3,(H,29,30). The van der Waals surface area contributed by atoms with Crippen LogP contribution in [0.5, 0.6) is 5.75 Å². The Balaban J connectivity index is 1.68. The molecule has 0 radical (unpaired) electrons. The summed E-state index contributed by atoms with van der Waals surface area (Å²) in [6, 6.07) is 12.6. The van der Waals surface area contributed by atoms with Crippen LogP contribution in [0, 0.1) is 0 Å². The molecule has 0 spiro atoms. The van der Waals surface area contributed by atoms with Crippen molar-refractivity contribution in [3.63, 3.8) is 0 Å². The van der Waals surface area contributed by atoms with Crippen molar-refractivity contribution in [3.8, 4) is 28.6 Å². The van der Waals surface area contributed by atoms with Gasteiger partial charge in [0.1, 0.15) is 5.75 Å². The first-order chi connectivity index (χ1) is 15.4. The molecule has 6 heteroatoms. The molecule has 0 aliphatic heterocycles. The minimum absolute atomic E-state index is 0.0658. The molecule has 0 bridgehead atoms. The van der Waals surface area contributed by atoms with Gasteiger partial charge in [-0.25, -0.2) is 4.79 Å². The third-order valence-corrected chi connectivity index (χ3v) is 6.55. The van der Waals surface area contributed by atoms with Gasteiger partial charge in [0.2, 0.25) is 5.82 Å². The molecule has 2 aromatic carbocycles. The van der Waals surface area contributed by atoms with E-state index in [9.17, 15) is 4.79 Å². The molecule has 3 aromatic rings. The van der Waals surface area contributed by atoms with Crippen molar-refractivity contribution in [1.29, 1.82) is 0 Å². The van der Waals surface area contributed by atoms with Crippen LogP contribution >= 0.6 is 0 Å². The Hall–Kier alpha value is -3.15. The maximum atomic E-state index is 11.1. The second-order valence-electron chi connectivity index (χ2n) is 8.97. The van der Waals surface area contributed by atoms with E-state index in [1.165, 1.54) is 37.0 Å². The van der Waals surface area contributed by atoms with Gasteiger partial charge in [0, 0.05) is 16.7 Å². The van der Waals surface area contributed by atoms with E-state index in [1.807, 2.05) is 12.1 Å². The Kier molecular flexibility index (Phi) is 6.31. The molecule has 1 heterocycles. The van der Waals surface area contributed by atoms with Crippen LogP contribution < -0.4 is 4.74 Å². The van der Waals surface area contributed by atoms with Crippen LogP contribution in [0.1, 0.15) is 75.2 Å². The van der Waals surface area contributed by atoms with Crippen molar-refractivity contribution in [2.75, 3.05) is 0 Å². The fraction of sp³-hybridized carbons (Fsp3) is 0.423. The Bertz CT molecular complexity index is 1080. The third-order valence-electron chi connectivity index (χ3n) is 6.55. The van der Waals surface area contributed by atoms with Crippen LogP contribution in [0.15, 0.2) is 47.0 Å². The van der Waals surface area contributed by atoms with E-state index in [1.54, 1.807) is 12.1 Å². The Morgan fingerprint density at radius 1 is 1.12 bits per heavy atom. The highest BCUT2D eigenvalue weighted by Gasteiger charge is 2.32. The van der Waals surface area contributed by atoms with Gasteiger partial charge in [0.15, 0.2) is 0 Å². The molecule has 1 N–H and O–H groups in total. The fourth-order valence-electron chi connectivity index (χ4n) is 4.36. The summed E-state index contributed by atoms with van der Waals surface area (Å²) in [7, 11) is 0. The van der Waals surface area contributed by atoms with E-state index < -0.39 is 5.97 Å². The lowest BCUT2D eigenvalue weighted by Gasteiger charge is -2.36. The molecule has 1 unspecified atom stereocenters. The molecule has 1 saturated carbocycles. The second kappa shape index (κ2) is 9.15. The Morgan fingerprint density at radius 3 is 2.47 bits per heavy atom. The van der Waals surface area contributed by atoms with Crippen LogP contribution in [-0.2, 0) is 5.41 Å². The quantitative estimate of drug-likeness (QED) is 0.457. The highest BCUT2D eigenvalue weighted by molar-refractivity contribution is 5.88. The predicted octanol–water partition coefficient (Wildman–Crippen LogP) is 6.50. The van der Waals surface area contributed by atoms with Crippen molar-refractivity contribution >= 4 is 5.97 Å². The molecule has 168 valence electrons. The van der Waals surface area contributed by atoms with Crippen molar-refractivity contribution in [1.82, 2.24) is 10.1 Å². The van der Waals surface area contributed by atoms with E-state index in [0.717, 1.165) is 30.6 Å². The molecule has 1 aliphatic rings. The lowest BCUT2D eigenvalue weighted by Crippen LogP contribution is -2.26. The normalized spacial score (nSPS) is 16.5. The maximum Gasteiger partial charge on any atom is 0.335 e. The first-order valence-corrected chi connectivity index (χ1v) is 11.4. The van der Waals surface area contributed by atoms with Gasteiger partial charge in [0.25, 0.3) is 5.89 Å². The molecule has 32 heavy (non-hydrogen) atoms. The minimum Gasteiger partial charge on any atom is -0.490 e. The molecule has 0 saturated heterocycles. The van der Waals surface area contributed by atoms with Gasteiger partial charge in [-0.05, 0) is 74.1 Å². The summed E-state index contributed by atoms with van der Waals surface area (Å²) in [6.45, 7) is 6.56. The minimum atomic E-state index is -0.966. The number of nitrogens with zero attached hydrogens (tertiary/aromatic N) is 2. The summed E-state index contributed by atoms with van der Waals surface area (Å²) in [4.78, 5) is 15.7. The molecule has 1 aliphatic carbocycles. The number of rotatable bonds is 7. The molecule has 0 amide bonds. The molecular formula is C26H30N2O4. The lowest BCUT2D eigenvalue weighted by molar-refractivity contribution is 0.0697. The van der Waals surface area contributed by atoms with Gasteiger partial charge in [-0.1, -0.05) is 38.3 Å². The maximum absolute atomic E-state index is 11.1. The number of benzene rings is 2. The summed E-state index contributed by atoms with van der Waals surface area (Å²) in [5.74, 6) is 0.854. The highest BCUT2D eigenvalue weighted by atomic mass is 16.5. The smallest absolute Gasteiger partial charge is 0.335 e. The predicted molar refractivity (Wildman–Crippen MR) is 123 cm³/mol. The number of carboxylic acid groups (broad SMARTS) is 1. The van der Waals surface area contributed by atoms with Crippen LogP contribution in [-0.4, -0.2) is 27.3 Å². The first-order valence-electron chi connectivity index (χ1n) is 11.4. The molecule has 4 rings (SSSR count). The van der Waals surface area contributed by atoms with E-state index in [4.69, 9.17) is 14.4 Å². The van der Waals surface area contributed by atoms with Crippen molar-refractivity contribution < 1.29 is 19.2 Å². The zero-order valence-electron chi connectivity index (χ0n) is 18.9. The van der Waals surface area contributed by atoms with Crippen molar-refractivity contribution in [2.24, 2.45) is 0 Å². The molecule has 1 aromatic heterocycles. The Morgan fingerprint density at radius 2 is 1.81 bits per heavy atom. The summed E-state index contributed by atoms with van der Waals surface area (Å²) in [5, 5.41) is 13.3. The van der Waals surface area contributed by atoms with Crippen LogP contribution in [0.25, 0.3) is 22.8 Å². The number of carboxylic acids is 1. The van der Waals surface area contributed by atoms with E-state index in [0.29, 0.717) is 17.3 Å². The molecule has 6 nitrogen and oxygen atoms in total. The summed E-state index contributed by atoms with van der Waals surface area (Å²) in [6.07, 6.45) is 7.11. The van der Waals surface area contributed by atoms with Crippen LogP contribution in [0.3, 0.4) is 0 Å². The number of hydrogen-bond donors (Lipinski definition) is 1. The van der Waals surface area contributed by atoms with E-state index >= 15 is 0 Å². The number of carbonyl (C=O) groups is 1. The molecule has 1 fully saturated rings. The largest absolute Gasteiger partial charge is 0.490 e. The lowest BCUT2D eigenvalue weighted by atomic mass is 9.70. The van der Waals surface area contributed by atoms with Gasteiger partial charge in [-0.2, -0.15) is 4.98 Å². The van der Waals surface area contributed by atoms with Gasteiger partial charge < -0.3 is 14.4 Å².